The van der Waals surface area contributed by atoms with E-state index in [1.54, 1.807) is 28.0 Å². The van der Waals surface area contributed by atoms with Crippen molar-refractivity contribution in [3.8, 4) is 0 Å². The van der Waals surface area contributed by atoms with Crippen molar-refractivity contribution in [1.29, 1.82) is 0 Å². The summed E-state index contributed by atoms with van der Waals surface area (Å²) in [5, 5.41) is 8.71. The third kappa shape index (κ3) is 2.60. The molecule has 0 bridgehead atoms. The molecule has 9 nitrogen and oxygen atoms in total. The summed E-state index contributed by atoms with van der Waals surface area (Å²) in [6, 6.07) is 1.63. The molecule has 4 heterocycles. The summed E-state index contributed by atoms with van der Waals surface area (Å²) in [5.41, 5.74) is 2.48. The van der Waals surface area contributed by atoms with Crippen molar-refractivity contribution in [1.82, 2.24) is 29.3 Å². The molecule has 0 unspecified atom stereocenters. The number of carbonyl (C=O) groups excluding carboxylic acids is 2. The number of hydrogen-bond donors (Lipinski definition) is 0. The minimum absolute atomic E-state index is 0.158. The van der Waals surface area contributed by atoms with Gasteiger partial charge < -0.3 is 9.64 Å². The Bertz CT molecular complexity index is 1040. The molecule has 4 rings (SSSR count). The standard InChI is InChI=1S/C16H15ClN6O3/c1-9-6-18-14-12(17)13(20-23(14)7-9)15(24)21-3-4-22-10(8-21)5-11(19-22)16(25)26-2/h5-7H,3-4,8H2,1-2H3. The summed E-state index contributed by atoms with van der Waals surface area (Å²) in [6.45, 7) is 3.10. The molecule has 3 aromatic heterocycles. The number of methoxy groups -OCH3 is 1. The quantitative estimate of drug-likeness (QED) is 0.628. The molecule has 0 aromatic carbocycles. The van der Waals surface area contributed by atoms with Crippen LogP contribution in [-0.4, -0.2) is 54.8 Å². The first-order chi connectivity index (χ1) is 12.5. The highest BCUT2D eigenvalue weighted by molar-refractivity contribution is 6.36. The van der Waals surface area contributed by atoms with Gasteiger partial charge in [0.25, 0.3) is 5.91 Å². The highest BCUT2D eigenvalue weighted by atomic mass is 35.5. The van der Waals surface area contributed by atoms with E-state index >= 15 is 0 Å². The summed E-state index contributed by atoms with van der Waals surface area (Å²) in [7, 11) is 1.30. The van der Waals surface area contributed by atoms with Crippen LogP contribution in [0, 0.1) is 6.92 Å². The second-order valence-corrected chi connectivity index (χ2v) is 6.40. The fourth-order valence-electron chi connectivity index (χ4n) is 2.93. The fourth-order valence-corrected chi connectivity index (χ4v) is 3.18. The van der Waals surface area contributed by atoms with Crippen LogP contribution in [0.15, 0.2) is 18.5 Å². The van der Waals surface area contributed by atoms with Crippen LogP contribution in [-0.2, 0) is 17.8 Å². The van der Waals surface area contributed by atoms with Crippen molar-refractivity contribution in [2.24, 2.45) is 0 Å². The van der Waals surface area contributed by atoms with Crippen LogP contribution in [0.5, 0.6) is 0 Å². The zero-order valence-electron chi connectivity index (χ0n) is 14.1. The number of fused-ring (bicyclic) bond motifs is 2. The number of ether oxygens (including phenoxy) is 1. The molecule has 0 atom stereocenters. The molecular formula is C16H15ClN6O3. The second kappa shape index (κ2) is 6.10. The SMILES string of the molecule is COC(=O)c1cc2n(n1)CCN(C(=O)c1nn3cc(C)cnc3c1Cl)C2. The predicted octanol–water partition coefficient (Wildman–Crippen LogP) is 1.33. The van der Waals surface area contributed by atoms with Gasteiger partial charge in [-0.25, -0.2) is 14.3 Å². The molecule has 134 valence electrons. The average Bonchev–Trinajstić information content (AvgIpc) is 3.20. The summed E-state index contributed by atoms with van der Waals surface area (Å²) < 4.78 is 7.89. The highest BCUT2D eigenvalue weighted by Crippen LogP contribution is 2.24. The third-order valence-electron chi connectivity index (χ3n) is 4.23. The molecular weight excluding hydrogens is 360 g/mol. The summed E-state index contributed by atoms with van der Waals surface area (Å²) in [6.07, 6.45) is 3.43. The van der Waals surface area contributed by atoms with Crippen molar-refractivity contribution < 1.29 is 14.3 Å². The van der Waals surface area contributed by atoms with Crippen LogP contribution >= 0.6 is 11.6 Å². The number of rotatable bonds is 2. The Labute approximate surface area is 153 Å². The minimum Gasteiger partial charge on any atom is -0.464 e. The van der Waals surface area contributed by atoms with Gasteiger partial charge in [-0.3, -0.25) is 9.48 Å². The van der Waals surface area contributed by atoms with E-state index in [1.807, 2.05) is 6.92 Å². The van der Waals surface area contributed by atoms with Gasteiger partial charge in [-0.2, -0.15) is 10.2 Å². The zero-order chi connectivity index (χ0) is 18.4. The van der Waals surface area contributed by atoms with Gasteiger partial charge >= 0.3 is 5.97 Å². The van der Waals surface area contributed by atoms with Crippen molar-refractivity contribution in [2.45, 2.75) is 20.0 Å². The maximum Gasteiger partial charge on any atom is 0.358 e. The Morgan fingerprint density at radius 1 is 1.27 bits per heavy atom. The lowest BCUT2D eigenvalue weighted by atomic mass is 10.2. The van der Waals surface area contributed by atoms with Gasteiger partial charge in [-0.05, 0) is 18.6 Å². The predicted molar refractivity (Wildman–Crippen MR) is 91.0 cm³/mol. The number of hydrogen-bond acceptors (Lipinski definition) is 6. The molecule has 1 aliphatic heterocycles. The fraction of sp³-hybridized carbons (Fsp3) is 0.312. The molecule has 0 spiro atoms. The van der Waals surface area contributed by atoms with Crippen molar-refractivity contribution in [3.05, 3.63) is 46.1 Å². The lowest BCUT2D eigenvalue weighted by Gasteiger charge is -2.27. The Morgan fingerprint density at radius 3 is 2.85 bits per heavy atom. The molecule has 26 heavy (non-hydrogen) atoms. The Balaban J connectivity index is 1.63. The molecule has 3 aromatic rings. The Hall–Kier alpha value is -2.94. The lowest BCUT2D eigenvalue weighted by Crippen LogP contribution is -2.38. The summed E-state index contributed by atoms with van der Waals surface area (Å²) >= 11 is 6.32. The van der Waals surface area contributed by atoms with E-state index in [1.165, 1.54) is 11.6 Å². The normalized spacial score (nSPS) is 13.7. The van der Waals surface area contributed by atoms with Crippen LogP contribution in [0.3, 0.4) is 0 Å². The Morgan fingerprint density at radius 2 is 2.08 bits per heavy atom. The largest absolute Gasteiger partial charge is 0.464 e. The molecule has 0 saturated heterocycles. The second-order valence-electron chi connectivity index (χ2n) is 6.02. The maximum absolute atomic E-state index is 12.9. The van der Waals surface area contributed by atoms with Gasteiger partial charge in [0.15, 0.2) is 17.0 Å². The molecule has 0 saturated carbocycles. The van der Waals surface area contributed by atoms with E-state index in [0.717, 1.165) is 11.3 Å². The van der Waals surface area contributed by atoms with Crippen LogP contribution in [0.4, 0.5) is 0 Å². The van der Waals surface area contributed by atoms with Gasteiger partial charge in [0.05, 0.1) is 25.9 Å². The van der Waals surface area contributed by atoms with Crippen LogP contribution < -0.4 is 0 Å². The number of aryl methyl sites for hydroxylation is 1. The molecule has 0 N–H and O–H groups in total. The van der Waals surface area contributed by atoms with Crippen LogP contribution in [0.25, 0.3) is 5.65 Å². The van der Waals surface area contributed by atoms with E-state index in [-0.39, 0.29) is 22.3 Å². The highest BCUT2D eigenvalue weighted by Gasteiger charge is 2.28. The number of esters is 1. The van der Waals surface area contributed by atoms with Gasteiger partial charge in [0.1, 0.15) is 5.02 Å². The number of nitrogens with zero attached hydrogens (tertiary/aromatic N) is 6. The Kier molecular flexibility index (Phi) is 3.87. The van der Waals surface area contributed by atoms with E-state index in [0.29, 0.717) is 25.3 Å². The number of halogens is 1. The molecule has 0 radical (unpaired) electrons. The number of carbonyl (C=O) groups is 2. The molecule has 1 amide bonds. The topological polar surface area (TPSA) is 94.6 Å². The van der Waals surface area contributed by atoms with Gasteiger partial charge in [-0.1, -0.05) is 11.6 Å². The van der Waals surface area contributed by atoms with Crippen LogP contribution in [0.2, 0.25) is 5.02 Å². The van der Waals surface area contributed by atoms with E-state index in [2.05, 4.69) is 19.9 Å². The number of aromatic nitrogens is 5. The maximum atomic E-state index is 12.9. The van der Waals surface area contributed by atoms with Gasteiger partial charge in [0.2, 0.25) is 0 Å². The zero-order valence-corrected chi connectivity index (χ0v) is 14.9. The van der Waals surface area contributed by atoms with E-state index in [9.17, 15) is 9.59 Å². The summed E-state index contributed by atoms with van der Waals surface area (Å²) in [4.78, 5) is 30.4. The minimum atomic E-state index is -0.505. The van der Waals surface area contributed by atoms with Crippen LogP contribution in [0.1, 0.15) is 32.2 Å². The molecule has 0 aliphatic carbocycles. The van der Waals surface area contributed by atoms with E-state index < -0.39 is 5.97 Å². The first kappa shape index (κ1) is 16.5. The smallest absolute Gasteiger partial charge is 0.358 e. The van der Waals surface area contributed by atoms with E-state index in [4.69, 9.17) is 11.6 Å². The van der Waals surface area contributed by atoms with Gasteiger partial charge in [0, 0.05) is 18.9 Å². The molecule has 1 aliphatic rings. The van der Waals surface area contributed by atoms with Crippen molar-refractivity contribution >= 4 is 29.1 Å². The monoisotopic (exact) mass is 374 g/mol. The first-order valence-electron chi connectivity index (χ1n) is 7.92. The molecule has 0 fully saturated rings. The third-order valence-corrected chi connectivity index (χ3v) is 4.58. The first-order valence-corrected chi connectivity index (χ1v) is 8.30. The number of amides is 1. The lowest BCUT2D eigenvalue weighted by molar-refractivity contribution is 0.0591. The van der Waals surface area contributed by atoms with Crippen molar-refractivity contribution in [2.75, 3.05) is 13.7 Å². The van der Waals surface area contributed by atoms with Gasteiger partial charge in [-0.15, -0.1) is 0 Å². The molecule has 10 heteroatoms. The van der Waals surface area contributed by atoms with Crippen molar-refractivity contribution in [3.63, 3.8) is 0 Å². The summed E-state index contributed by atoms with van der Waals surface area (Å²) in [5.74, 6) is -0.792. The average molecular weight is 375 g/mol.